The van der Waals surface area contributed by atoms with Crippen LogP contribution in [-0.2, 0) is 28.4 Å². The van der Waals surface area contributed by atoms with Crippen LogP contribution >= 0.6 is 0 Å². The van der Waals surface area contributed by atoms with Crippen molar-refractivity contribution in [1.82, 2.24) is 0 Å². The number of esters is 4. The van der Waals surface area contributed by atoms with Crippen molar-refractivity contribution in [3.05, 3.63) is 70.8 Å². The molecular weight excluding hydrogens is 704 g/mol. The van der Waals surface area contributed by atoms with Crippen molar-refractivity contribution >= 4 is 23.9 Å². The minimum Gasteiger partial charge on any atom is -0.462 e. The topological polar surface area (TPSA) is 205 Å². The summed E-state index contributed by atoms with van der Waals surface area (Å²) in [5.41, 5.74) is 1.31. The summed E-state index contributed by atoms with van der Waals surface area (Å²) in [5, 5.41) is 35.5. The molecule has 14 nitrogen and oxygen atoms in total. The molecule has 2 aliphatic carbocycles. The molecular formula is C40H56O14. The van der Waals surface area contributed by atoms with E-state index in [9.17, 15) is 29.4 Å². The lowest BCUT2D eigenvalue weighted by atomic mass is 9.83. The first-order chi connectivity index (χ1) is 26.3. The molecule has 2 aliphatic rings. The van der Waals surface area contributed by atoms with Crippen LogP contribution in [0.2, 0.25) is 0 Å². The molecule has 0 radical (unpaired) electrons. The predicted octanol–water partition coefficient (Wildman–Crippen LogP) is 3.62. The van der Waals surface area contributed by atoms with Gasteiger partial charge in [-0.3, -0.25) is 0 Å². The Kier molecular flexibility index (Phi) is 21.4. The van der Waals surface area contributed by atoms with Gasteiger partial charge < -0.3 is 48.8 Å². The molecule has 0 spiro atoms. The largest absolute Gasteiger partial charge is 0.462 e. The van der Waals surface area contributed by atoms with Crippen LogP contribution in [0.15, 0.2) is 48.5 Å². The summed E-state index contributed by atoms with van der Waals surface area (Å²) >= 11 is 0. The van der Waals surface area contributed by atoms with Crippen LogP contribution < -0.4 is 0 Å². The van der Waals surface area contributed by atoms with E-state index in [4.69, 9.17) is 38.6 Å². The zero-order chi connectivity index (χ0) is 39.0. The number of aliphatic hydroxyl groups is 4. The highest BCUT2D eigenvalue weighted by atomic mass is 16.6. The summed E-state index contributed by atoms with van der Waals surface area (Å²) in [6.45, 7) is 1.93. The van der Waals surface area contributed by atoms with E-state index in [1.54, 1.807) is 30.3 Å². The molecule has 0 atom stereocenters. The summed E-state index contributed by atoms with van der Waals surface area (Å²) in [6, 6.07) is 12.4. The van der Waals surface area contributed by atoms with Crippen molar-refractivity contribution in [2.75, 3.05) is 79.3 Å². The van der Waals surface area contributed by atoms with Crippen molar-refractivity contribution < 1.29 is 68.0 Å². The van der Waals surface area contributed by atoms with Gasteiger partial charge in [0.2, 0.25) is 0 Å². The van der Waals surface area contributed by atoms with E-state index in [-0.39, 0.29) is 89.1 Å². The molecule has 0 aromatic heterocycles. The number of carbonyl (C=O) groups excluding carboxylic acids is 4. The van der Waals surface area contributed by atoms with Gasteiger partial charge in [-0.05, 0) is 118 Å². The van der Waals surface area contributed by atoms with Crippen LogP contribution in [-0.4, -0.2) is 124 Å². The average molecular weight is 761 g/mol. The summed E-state index contributed by atoms with van der Waals surface area (Å²) in [5.74, 6) is -0.414. The first-order valence-corrected chi connectivity index (χ1v) is 18.7. The van der Waals surface area contributed by atoms with Gasteiger partial charge in [-0.25, -0.2) is 19.2 Å². The second kappa shape index (κ2) is 26.0. The van der Waals surface area contributed by atoms with E-state index in [1.165, 1.54) is 18.2 Å². The highest BCUT2D eigenvalue weighted by molar-refractivity contribution is 5.95. The van der Waals surface area contributed by atoms with Gasteiger partial charge in [0.05, 0.1) is 75.1 Å². The Labute approximate surface area is 316 Å². The standard InChI is InChI=1S/C24H34O6.C16H22O8/c25-13-17-1-5-19(6-2-17)15-29-23(27)21-9-11-22(12-10-21)24(28)30-16-20-7-3-18(14-26)4-8-20;17-4-6-21-8-10-23-15(19)13-2-1-3-14(12-13)16(20)24-11-9-22-7-5-18/h9-12,17-20,25-26H,1-8,13-16H2;1-3,12,17-18H,4-11H2. The average Bonchev–Trinajstić information content (AvgIpc) is 3.22. The van der Waals surface area contributed by atoms with Crippen LogP contribution in [0, 0.1) is 23.7 Å². The van der Waals surface area contributed by atoms with Gasteiger partial charge in [0.1, 0.15) is 13.2 Å². The molecule has 0 amide bonds. The van der Waals surface area contributed by atoms with E-state index in [0.29, 0.717) is 48.0 Å². The van der Waals surface area contributed by atoms with Crippen LogP contribution in [0.5, 0.6) is 0 Å². The molecule has 2 saturated carbocycles. The molecule has 300 valence electrons. The van der Waals surface area contributed by atoms with Crippen molar-refractivity contribution in [3.63, 3.8) is 0 Å². The number of rotatable bonds is 20. The molecule has 2 aromatic rings. The highest BCUT2D eigenvalue weighted by Crippen LogP contribution is 2.30. The van der Waals surface area contributed by atoms with E-state index in [1.807, 2.05) is 0 Å². The minimum atomic E-state index is -0.580. The van der Waals surface area contributed by atoms with Crippen molar-refractivity contribution in [2.45, 2.75) is 51.4 Å². The lowest BCUT2D eigenvalue weighted by Crippen LogP contribution is -2.22. The second-order valence-electron chi connectivity index (χ2n) is 13.4. The van der Waals surface area contributed by atoms with Gasteiger partial charge in [-0.1, -0.05) is 6.07 Å². The van der Waals surface area contributed by atoms with Crippen LogP contribution in [0.3, 0.4) is 0 Å². The quantitative estimate of drug-likeness (QED) is 0.0865. The van der Waals surface area contributed by atoms with E-state index < -0.39 is 11.9 Å². The van der Waals surface area contributed by atoms with Crippen molar-refractivity contribution in [1.29, 1.82) is 0 Å². The number of benzene rings is 2. The fraction of sp³-hybridized carbons (Fsp3) is 0.600. The molecule has 54 heavy (non-hydrogen) atoms. The third-order valence-electron chi connectivity index (χ3n) is 9.43. The van der Waals surface area contributed by atoms with Crippen LogP contribution in [0.25, 0.3) is 0 Å². The predicted molar refractivity (Wildman–Crippen MR) is 195 cm³/mol. The maximum Gasteiger partial charge on any atom is 0.338 e. The van der Waals surface area contributed by atoms with E-state index in [2.05, 4.69) is 0 Å². The number of carbonyl (C=O) groups is 4. The normalized spacial score (nSPS) is 19.5. The third kappa shape index (κ3) is 16.6. The molecule has 0 saturated heterocycles. The van der Waals surface area contributed by atoms with Gasteiger partial charge in [0.25, 0.3) is 0 Å². The molecule has 0 bridgehead atoms. The molecule has 4 rings (SSSR count). The van der Waals surface area contributed by atoms with Gasteiger partial charge in [0.15, 0.2) is 0 Å². The molecule has 4 N–H and O–H groups in total. The molecule has 2 aromatic carbocycles. The minimum absolute atomic E-state index is 0.0513. The Hall–Kier alpha value is -3.92. The summed E-state index contributed by atoms with van der Waals surface area (Å²) < 4.78 is 30.8. The van der Waals surface area contributed by atoms with Gasteiger partial charge >= 0.3 is 23.9 Å². The van der Waals surface area contributed by atoms with E-state index >= 15 is 0 Å². The number of ether oxygens (including phenoxy) is 6. The number of hydrogen-bond acceptors (Lipinski definition) is 14. The van der Waals surface area contributed by atoms with Gasteiger partial charge in [-0.2, -0.15) is 0 Å². The third-order valence-corrected chi connectivity index (χ3v) is 9.43. The monoisotopic (exact) mass is 760 g/mol. The summed E-state index contributed by atoms with van der Waals surface area (Å²) in [4.78, 5) is 48.3. The zero-order valence-corrected chi connectivity index (χ0v) is 30.9. The Morgan fingerprint density at radius 2 is 0.796 bits per heavy atom. The molecule has 0 aliphatic heterocycles. The maximum absolute atomic E-state index is 12.3. The Bertz CT molecular complexity index is 1280. The zero-order valence-electron chi connectivity index (χ0n) is 30.9. The molecule has 0 heterocycles. The van der Waals surface area contributed by atoms with Crippen LogP contribution in [0.4, 0.5) is 0 Å². The second-order valence-corrected chi connectivity index (χ2v) is 13.4. The lowest BCUT2D eigenvalue weighted by molar-refractivity contribution is 0.0254. The SMILES string of the molecule is O=C(OCC1CCC(CO)CC1)c1ccc(C(=O)OCC2CCC(CO)CC2)cc1.O=C(OCCOCCO)c1cccc(C(=O)OCCOCCO)c1. The first-order valence-electron chi connectivity index (χ1n) is 18.7. The maximum atomic E-state index is 12.3. The fourth-order valence-electron chi connectivity index (χ4n) is 6.12. The van der Waals surface area contributed by atoms with Crippen LogP contribution in [0.1, 0.15) is 92.8 Å². The molecule has 14 heteroatoms. The van der Waals surface area contributed by atoms with E-state index in [0.717, 1.165) is 51.4 Å². The first kappa shape index (κ1) is 44.5. The Morgan fingerprint density at radius 1 is 0.444 bits per heavy atom. The lowest BCUT2D eigenvalue weighted by Gasteiger charge is -2.26. The molecule has 0 unspecified atom stereocenters. The summed E-state index contributed by atoms with van der Waals surface area (Å²) in [6.07, 6.45) is 7.85. The fourth-order valence-corrected chi connectivity index (χ4v) is 6.12. The summed E-state index contributed by atoms with van der Waals surface area (Å²) in [7, 11) is 0. The van der Waals surface area contributed by atoms with Crippen molar-refractivity contribution in [3.8, 4) is 0 Å². The number of hydrogen-bond donors (Lipinski definition) is 4. The smallest absolute Gasteiger partial charge is 0.338 e. The van der Waals surface area contributed by atoms with Gasteiger partial charge in [-0.15, -0.1) is 0 Å². The Balaban J connectivity index is 0.000000299. The highest BCUT2D eigenvalue weighted by Gasteiger charge is 2.24. The van der Waals surface area contributed by atoms with Gasteiger partial charge in [0, 0.05) is 13.2 Å². The van der Waals surface area contributed by atoms with Crippen molar-refractivity contribution in [2.24, 2.45) is 23.7 Å². The Morgan fingerprint density at radius 3 is 1.15 bits per heavy atom. The molecule has 2 fully saturated rings. The number of aliphatic hydroxyl groups excluding tert-OH is 4.